The highest BCUT2D eigenvalue weighted by Gasteiger charge is 2.28. The lowest BCUT2D eigenvalue weighted by atomic mass is 10.2. The number of thioether (sulfide) groups is 1. The van der Waals surface area contributed by atoms with Crippen molar-refractivity contribution in [3.63, 3.8) is 0 Å². The van der Waals surface area contributed by atoms with E-state index in [-0.39, 0.29) is 16.7 Å². The molecule has 0 bridgehead atoms. The van der Waals surface area contributed by atoms with Gasteiger partial charge in [0.25, 0.3) is 5.91 Å². The van der Waals surface area contributed by atoms with E-state index in [2.05, 4.69) is 21.1 Å². The molecule has 27 heavy (non-hydrogen) atoms. The Labute approximate surface area is 158 Å². The smallest absolute Gasteiger partial charge is 0.422 e. The molecule has 1 atom stereocenters. The van der Waals surface area contributed by atoms with Crippen LogP contribution in [0.3, 0.4) is 0 Å². The van der Waals surface area contributed by atoms with E-state index in [0.29, 0.717) is 12.1 Å². The number of anilines is 1. The van der Waals surface area contributed by atoms with E-state index < -0.39 is 18.7 Å². The average molecular weight is 395 g/mol. The first-order chi connectivity index (χ1) is 12.8. The van der Waals surface area contributed by atoms with Gasteiger partial charge in [0.1, 0.15) is 0 Å². The zero-order chi connectivity index (χ0) is 19.9. The van der Waals surface area contributed by atoms with Crippen LogP contribution in [0.25, 0.3) is 0 Å². The Kier molecular flexibility index (Phi) is 7.07. The van der Waals surface area contributed by atoms with Gasteiger partial charge in [0.05, 0.1) is 17.3 Å². The number of carbonyl (C=O) groups is 1. The quantitative estimate of drug-likeness (QED) is 0.690. The summed E-state index contributed by atoms with van der Waals surface area (Å²) in [5.41, 5.74) is 0.758. The lowest BCUT2D eigenvalue weighted by Gasteiger charge is -2.13. The van der Waals surface area contributed by atoms with E-state index >= 15 is 0 Å². The number of aromatic nitrogens is 1. The molecule has 0 saturated carbocycles. The molecule has 1 heterocycles. The highest BCUT2D eigenvalue weighted by molar-refractivity contribution is 8.00. The molecule has 142 valence electrons. The molecule has 0 spiro atoms. The number of halogens is 3. The van der Waals surface area contributed by atoms with Gasteiger partial charge in [-0.25, -0.2) is 4.98 Å². The molecule has 0 aliphatic rings. The number of pyridine rings is 1. The van der Waals surface area contributed by atoms with Gasteiger partial charge in [-0.2, -0.15) is 18.4 Å². The minimum absolute atomic E-state index is 0.0554. The molecule has 0 saturated heterocycles. The second-order valence-electron chi connectivity index (χ2n) is 5.53. The zero-order valence-corrected chi connectivity index (χ0v) is 15.1. The fourth-order valence-electron chi connectivity index (χ4n) is 2.01. The number of alkyl halides is 3. The largest absolute Gasteiger partial charge is 0.468 e. The molecule has 0 aliphatic carbocycles. The first-order valence-electron chi connectivity index (χ1n) is 7.88. The van der Waals surface area contributed by atoms with Crippen molar-refractivity contribution in [1.82, 2.24) is 4.98 Å². The van der Waals surface area contributed by atoms with Crippen molar-refractivity contribution in [2.24, 2.45) is 0 Å². The molecule has 0 aliphatic heterocycles. The van der Waals surface area contributed by atoms with Crippen molar-refractivity contribution in [2.75, 3.05) is 11.9 Å². The summed E-state index contributed by atoms with van der Waals surface area (Å²) in [6.45, 7) is 0.465. The maximum absolute atomic E-state index is 12.4. The third-order valence-corrected chi connectivity index (χ3v) is 4.40. The Bertz CT molecular complexity index is 820. The topological polar surface area (TPSA) is 75.0 Å². The summed E-state index contributed by atoms with van der Waals surface area (Å²) in [4.78, 5) is 16.9. The van der Waals surface area contributed by atoms with Crippen molar-refractivity contribution >= 4 is 23.4 Å². The van der Waals surface area contributed by atoms with Crippen LogP contribution in [0.1, 0.15) is 23.7 Å². The fourth-order valence-corrected chi connectivity index (χ4v) is 3.00. The Morgan fingerprint density at radius 3 is 2.70 bits per heavy atom. The first-order valence-corrected chi connectivity index (χ1v) is 8.76. The summed E-state index contributed by atoms with van der Waals surface area (Å²) in [6, 6.07) is 11.8. The number of nitrogens with zero attached hydrogens (tertiary/aromatic N) is 2. The Balaban J connectivity index is 2.04. The van der Waals surface area contributed by atoms with E-state index in [1.165, 1.54) is 23.9 Å². The minimum Gasteiger partial charge on any atom is -0.468 e. The van der Waals surface area contributed by atoms with Gasteiger partial charge < -0.3 is 10.1 Å². The number of carbonyl (C=O) groups excluding carboxylic acids is 1. The number of ether oxygens (including phenoxy) is 1. The molecule has 1 N–H and O–H groups in total. The zero-order valence-electron chi connectivity index (χ0n) is 14.3. The fraction of sp³-hybridized carbons (Fsp3) is 0.278. The lowest BCUT2D eigenvalue weighted by molar-refractivity contribution is -0.154. The molecular weight excluding hydrogens is 379 g/mol. The van der Waals surface area contributed by atoms with Crippen LogP contribution in [0.15, 0.2) is 47.5 Å². The number of hydrogen-bond acceptors (Lipinski definition) is 5. The van der Waals surface area contributed by atoms with E-state index in [0.717, 1.165) is 11.1 Å². The maximum Gasteiger partial charge on any atom is 0.422 e. The van der Waals surface area contributed by atoms with Gasteiger partial charge in [0, 0.05) is 28.8 Å². The van der Waals surface area contributed by atoms with E-state index in [1.807, 2.05) is 19.1 Å². The molecule has 1 amide bonds. The summed E-state index contributed by atoms with van der Waals surface area (Å²) in [6.07, 6.45) is -2.94. The van der Waals surface area contributed by atoms with Crippen LogP contribution < -0.4 is 10.1 Å². The summed E-state index contributed by atoms with van der Waals surface area (Å²) in [5.74, 6) is -0.670. The SMILES string of the molecule is CC(CC#N)Sc1ccccc1NC(=O)c1ccc(OCC(F)(F)F)nc1. The van der Waals surface area contributed by atoms with E-state index in [4.69, 9.17) is 5.26 Å². The van der Waals surface area contributed by atoms with Gasteiger partial charge in [0.15, 0.2) is 6.61 Å². The predicted molar refractivity (Wildman–Crippen MR) is 95.7 cm³/mol. The van der Waals surface area contributed by atoms with Crippen molar-refractivity contribution in [3.8, 4) is 11.9 Å². The molecule has 1 unspecified atom stereocenters. The standard InChI is InChI=1S/C18H16F3N3O2S/c1-12(8-9-22)27-15-5-3-2-4-14(15)24-17(25)13-6-7-16(23-10-13)26-11-18(19,20)21/h2-7,10,12H,8,11H2,1H3,(H,24,25). The van der Waals surface area contributed by atoms with Gasteiger partial charge in [-0.3, -0.25) is 4.79 Å². The maximum atomic E-state index is 12.4. The van der Waals surface area contributed by atoms with Crippen LogP contribution in [-0.2, 0) is 0 Å². The van der Waals surface area contributed by atoms with Crippen molar-refractivity contribution in [1.29, 1.82) is 5.26 Å². The lowest BCUT2D eigenvalue weighted by Crippen LogP contribution is -2.19. The van der Waals surface area contributed by atoms with Gasteiger partial charge in [0.2, 0.25) is 5.88 Å². The number of para-hydroxylation sites is 1. The summed E-state index contributed by atoms with van der Waals surface area (Å²) in [7, 11) is 0. The van der Waals surface area contributed by atoms with Crippen LogP contribution >= 0.6 is 11.8 Å². The van der Waals surface area contributed by atoms with Crippen LogP contribution in [0.2, 0.25) is 0 Å². The predicted octanol–water partition coefficient (Wildman–Crippen LogP) is 4.67. The molecular formula is C18H16F3N3O2S. The van der Waals surface area contributed by atoms with Crippen molar-refractivity contribution < 1.29 is 22.7 Å². The van der Waals surface area contributed by atoms with Gasteiger partial charge >= 0.3 is 6.18 Å². The Hall–Kier alpha value is -2.73. The second-order valence-corrected chi connectivity index (χ2v) is 7.01. The molecule has 2 rings (SSSR count). The minimum atomic E-state index is -4.46. The first kappa shape index (κ1) is 20.6. The molecule has 0 fully saturated rings. The monoisotopic (exact) mass is 395 g/mol. The van der Waals surface area contributed by atoms with Gasteiger partial charge in [-0.15, -0.1) is 11.8 Å². The summed E-state index contributed by atoms with van der Waals surface area (Å²) >= 11 is 1.46. The second kappa shape index (κ2) is 9.28. The highest BCUT2D eigenvalue weighted by Crippen LogP contribution is 2.31. The Morgan fingerprint density at radius 1 is 1.33 bits per heavy atom. The number of nitriles is 1. The highest BCUT2D eigenvalue weighted by atomic mass is 32.2. The number of amides is 1. The summed E-state index contributed by atoms with van der Waals surface area (Å²) < 4.78 is 40.9. The molecule has 9 heteroatoms. The molecule has 2 aromatic rings. The van der Waals surface area contributed by atoms with Gasteiger partial charge in [-0.1, -0.05) is 19.1 Å². The number of rotatable bonds is 7. The van der Waals surface area contributed by atoms with Crippen molar-refractivity contribution in [3.05, 3.63) is 48.2 Å². The molecule has 5 nitrogen and oxygen atoms in total. The number of benzene rings is 1. The van der Waals surface area contributed by atoms with Crippen LogP contribution in [0, 0.1) is 11.3 Å². The normalized spacial score (nSPS) is 12.1. The third-order valence-electron chi connectivity index (χ3n) is 3.22. The Morgan fingerprint density at radius 2 is 2.07 bits per heavy atom. The molecule has 0 radical (unpaired) electrons. The summed E-state index contributed by atoms with van der Waals surface area (Å²) in [5, 5.41) is 11.6. The average Bonchev–Trinajstić information content (AvgIpc) is 2.61. The molecule has 1 aromatic carbocycles. The molecule has 1 aromatic heterocycles. The third kappa shape index (κ3) is 6.83. The van der Waals surface area contributed by atoms with Gasteiger partial charge in [-0.05, 0) is 18.2 Å². The van der Waals surface area contributed by atoms with E-state index in [1.54, 1.807) is 12.1 Å². The van der Waals surface area contributed by atoms with Crippen LogP contribution in [-0.4, -0.2) is 28.9 Å². The van der Waals surface area contributed by atoms with Crippen LogP contribution in [0.4, 0.5) is 18.9 Å². The number of nitrogens with one attached hydrogen (secondary N) is 1. The van der Waals surface area contributed by atoms with Crippen molar-refractivity contribution in [2.45, 2.75) is 29.7 Å². The van der Waals surface area contributed by atoms with E-state index in [9.17, 15) is 18.0 Å². The number of hydrogen-bond donors (Lipinski definition) is 1. The van der Waals surface area contributed by atoms with Crippen LogP contribution in [0.5, 0.6) is 5.88 Å².